The molecule has 0 spiro atoms. The molecule has 1 aliphatic rings. The number of aryl methyl sites for hydroxylation is 1. The number of hydrogen-bond donors (Lipinski definition) is 1. The van der Waals surface area contributed by atoms with Crippen molar-refractivity contribution >= 4 is 22.7 Å². The molecule has 3 rings (SSSR count). The Balaban J connectivity index is 1.67. The van der Waals surface area contributed by atoms with Crippen molar-refractivity contribution < 1.29 is 0 Å². The highest BCUT2D eigenvalue weighted by molar-refractivity contribution is 7.15. The minimum absolute atomic E-state index is 0.553. The second-order valence-electron chi connectivity index (χ2n) is 5.22. The van der Waals surface area contributed by atoms with Crippen molar-refractivity contribution in [1.29, 1.82) is 0 Å². The van der Waals surface area contributed by atoms with Gasteiger partial charge in [0, 0.05) is 16.7 Å². The van der Waals surface area contributed by atoms with Crippen LogP contribution in [0.15, 0.2) is 47.6 Å². The maximum atomic E-state index is 4.64. The third-order valence-electron chi connectivity index (χ3n) is 3.60. The Kier molecular flexibility index (Phi) is 4.46. The molecule has 4 heteroatoms. The first-order chi connectivity index (χ1) is 10.3. The summed E-state index contributed by atoms with van der Waals surface area (Å²) in [4.78, 5) is 5.85. The number of aromatic nitrogens is 1. The summed E-state index contributed by atoms with van der Waals surface area (Å²) in [6.45, 7) is 2.10. The normalized spacial score (nSPS) is 18.2. The molecule has 21 heavy (non-hydrogen) atoms. The zero-order valence-electron chi connectivity index (χ0n) is 12.1. The molecule has 0 saturated heterocycles. The van der Waals surface area contributed by atoms with Crippen LogP contribution in [0.1, 0.15) is 24.1 Å². The quantitative estimate of drug-likeness (QED) is 0.496. The first kappa shape index (κ1) is 14.0. The monoisotopic (exact) mass is 297 g/mol. The SMILES string of the molecule is Cc1sc(N/N=C\C2CC=CCC2)nc1-c1ccccc1. The molecule has 1 aromatic carbocycles. The van der Waals surface area contributed by atoms with Crippen LogP contribution < -0.4 is 5.43 Å². The summed E-state index contributed by atoms with van der Waals surface area (Å²) < 4.78 is 0. The van der Waals surface area contributed by atoms with Crippen molar-refractivity contribution in [2.75, 3.05) is 5.43 Å². The Morgan fingerprint density at radius 2 is 2.14 bits per heavy atom. The number of nitrogens with one attached hydrogen (secondary N) is 1. The van der Waals surface area contributed by atoms with Crippen molar-refractivity contribution in [1.82, 2.24) is 4.98 Å². The number of hydrazone groups is 1. The molecule has 0 radical (unpaired) electrons. The van der Waals surface area contributed by atoms with Crippen LogP contribution in [-0.2, 0) is 0 Å². The van der Waals surface area contributed by atoms with E-state index < -0.39 is 0 Å². The van der Waals surface area contributed by atoms with Crippen LogP contribution in [0, 0.1) is 12.8 Å². The van der Waals surface area contributed by atoms with Crippen molar-refractivity contribution in [2.24, 2.45) is 11.0 Å². The molecule has 1 unspecified atom stereocenters. The highest BCUT2D eigenvalue weighted by atomic mass is 32.1. The molecule has 1 N–H and O–H groups in total. The summed E-state index contributed by atoms with van der Waals surface area (Å²) in [6, 6.07) is 10.3. The van der Waals surface area contributed by atoms with Crippen LogP contribution in [0.2, 0.25) is 0 Å². The molecular formula is C17H19N3S. The van der Waals surface area contributed by atoms with Crippen molar-refractivity contribution in [3.05, 3.63) is 47.4 Å². The summed E-state index contributed by atoms with van der Waals surface area (Å²) >= 11 is 1.65. The smallest absolute Gasteiger partial charge is 0.204 e. The fourth-order valence-electron chi connectivity index (χ4n) is 2.46. The molecule has 1 aliphatic carbocycles. The lowest BCUT2D eigenvalue weighted by Crippen LogP contribution is -2.04. The highest BCUT2D eigenvalue weighted by Gasteiger charge is 2.09. The Hall–Kier alpha value is -1.94. The maximum Gasteiger partial charge on any atom is 0.204 e. The lowest BCUT2D eigenvalue weighted by Gasteiger charge is -2.11. The van der Waals surface area contributed by atoms with Gasteiger partial charge in [-0.3, -0.25) is 5.43 Å². The van der Waals surface area contributed by atoms with E-state index in [1.165, 1.54) is 11.3 Å². The lowest BCUT2D eigenvalue weighted by molar-refractivity contribution is 0.627. The van der Waals surface area contributed by atoms with E-state index in [2.05, 4.69) is 46.7 Å². The molecule has 108 valence electrons. The molecule has 2 aromatic rings. The van der Waals surface area contributed by atoms with Gasteiger partial charge in [0.1, 0.15) is 0 Å². The Morgan fingerprint density at radius 3 is 2.90 bits per heavy atom. The lowest BCUT2D eigenvalue weighted by atomic mass is 9.96. The Labute approximate surface area is 129 Å². The van der Waals surface area contributed by atoms with Crippen molar-refractivity contribution in [2.45, 2.75) is 26.2 Å². The fourth-order valence-corrected chi connectivity index (χ4v) is 3.24. The van der Waals surface area contributed by atoms with E-state index in [4.69, 9.17) is 0 Å². The largest absolute Gasteiger partial charge is 0.253 e. The van der Waals surface area contributed by atoms with Crippen molar-refractivity contribution in [3.63, 3.8) is 0 Å². The van der Waals surface area contributed by atoms with E-state index in [-0.39, 0.29) is 0 Å². The van der Waals surface area contributed by atoms with Gasteiger partial charge >= 0.3 is 0 Å². The summed E-state index contributed by atoms with van der Waals surface area (Å²) in [5.41, 5.74) is 5.27. The van der Waals surface area contributed by atoms with Gasteiger partial charge in [0.2, 0.25) is 5.13 Å². The van der Waals surface area contributed by atoms with Crippen LogP contribution in [-0.4, -0.2) is 11.2 Å². The second kappa shape index (κ2) is 6.68. The van der Waals surface area contributed by atoms with E-state index >= 15 is 0 Å². The van der Waals surface area contributed by atoms with Gasteiger partial charge in [0.15, 0.2) is 0 Å². The van der Waals surface area contributed by atoms with Crippen LogP contribution in [0.4, 0.5) is 5.13 Å². The van der Waals surface area contributed by atoms with E-state index in [0.29, 0.717) is 5.92 Å². The molecule has 1 aromatic heterocycles. The summed E-state index contributed by atoms with van der Waals surface area (Å²) in [7, 11) is 0. The number of hydrogen-bond acceptors (Lipinski definition) is 4. The van der Waals surface area contributed by atoms with Gasteiger partial charge in [-0.15, -0.1) is 11.3 Å². The number of rotatable bonds is 4. The van der Waals surface area contributed by atoms with Gasteiger partial charge in [-0.1, -0.05) is 42.5 Å². The first-order valence-electron chi connectivity index (χ1n) is 7.30. The molecule has 1 atom stereocenters. The van der Waals surface area contributed by atoms with E-state index in [9.17, 15) is 0 Å². The van der Waals surface area contributed by atoms with Crippen molar-refractivity contribution in [3.8, 4) is 11.3 Å². The molecule has 0 amide bonds. The Bertz CT molecular complexity index is 643. The third kappa shape index (κ3) is 3.58. The van der Waals surface area contributed by atoms with Gasteiger partial charge in [-0.05, 0) is 32.1 Å². The van der Waals surface area contributed by atoms with Crippen LogP contribution in [0.3, 0.4) is 0 Å². The average molecular weight is 297 g/mol. The second-order valence-corrected chi connectivity index (χ2v) is 6.43. The number of thiazole rings is 1. The highest BCUT2D eigenvalue weighted by Crippen LogP contribution is 2.30. The van der Waals surface area contributed by atoms with Gasteiger partial charge < -0.3 is 0 Å². The van der Waals surface area contributed by atoms with Crippen LogP contribution in [0.5, 0.6) is 0 Å². The fraction of sp³-hybridized carbons (Fsp3) is 0.294. The molecule has 0 fully saturated rings. The molecule has 1 heterocycles. The average Bonchev–Trinajstić information content (AvgIpc) is 2.90. The number of allylic oxidation sites excluding steroid dienone is 2. The minimum atomic E-state index is 0.553. The topological polar surface area (TPSA) is 37.3 Å². The molecule has 0 aliphatic heterocycles. The molecular weight excluding hydrogens is 278 g/mol. The van der Waals surface area contributed by atoms with Crippen LogP contribution >= 0.6 is 11.3 Å². The summed E-state index contributed by atoms with van der Waals surface area (Å²) in [5.74, 6) is 0.553. The predicted molar refractivity (Wildman–Crippen MR) is 90.9 cm³/mol. The zero-order valence-corrected chi connectivity index (χ0v) is 12.9. The van der Waals surface area contributed by atoms with Gasteiger partial charge in [-0.2, -0.15) is 5.10 Å². The van der Waals surface area contributed by atoms with E-state index in [1.807, 2.05) is 24.4 Å². The standard InChI is InChI=1S/C17H19N3S/c1-13-16(15-10-6-3-7-11-15)19-17(21-13)20-18-12-14-8-4-2-5-9-14/h2-4,6-7,10-12,14H,5,8-9H2,1H3,(H,19,20)/b18-12-. The van der Waals surface area contributed by atoms with E-state index in [0.717, 1.165) is 29.2 Å². The minimum Gasteiger partial charge on any atom is -0.253 e. The third-order valence-corrected chi connectivity index (χ3v) is 4.47. The number of benzene rings is 1. The Morgan fingerprint density at radius 1 is 1.29 bits per heavy atom. The predicted octanol–water partition coefficient (Wildman–Crippen LogP) is 4.87. The molecule has 0 bridgehead atoms. The first-order valence-corrected chi connectivity index (χ1v) is 8.11. The molecule has 0 saturated carbocycles. The number of anilines is 1. The van der Waals surface area contributed by atoms with Gasteiger partial charge in [0.05, 0.1) is 5.69 Å². The van der Waals surface area contributed by atoms with Crippen LogP contribution in [0.25, 0.3) is 11.3 Å². The summed E-state index contributed by atoms with van der Waals surface area (Å²) in [6.07, 6.45) is 9.94. The summed E-state index contributed by atoms with van der Waals surface area (Å²) in [5, 5.41) is 5.21. The van der Waals surface area contributed by atoms with Gasteiger partial charge in [-0.25, -0.2) is 4.98 Å². The van der Waals surface area contributed by atoms with E-state index in [1.54, 1.807) is 11.3 Å². The number of nitrogens with zero attached hydrogens (tertiary/aromatic N) is 2. The zero-order chi connectivity index (χ0) is 14.5. The maximum absolute atomic E-state index is 4.64. The molecule has 3 nitrogen and oxygen atoms in total. The van der Waals surface area contributed by atoms with Gasteiger partial charge in [0.25, 0.3) is 0 Å².